The van der Waals surface area contributed by atoms with Gasteiger partial charge in [0, 0.05) is 41.6 Å². The van der Waals surface area contributed by atoms with E-state index in [4.69, 9.17) is 9.57 Å². The zero-order valence-electron chi connectivity index (χ0n) is 25.4. The fraction of sp³-hybridized carbons (Fsp3) is 0.419. The first kappa shape index (κ1) is 31.9. The number of halogens is 3. The molecule has 244 valence electrons. The Hall–Kier alpha value is -4.08. The van der Waals surface area contributed by atoms with Crippen LogP contribution in [0.3, 0.4) is 0 Å². The number of nitrogens with zero attached hydrogens (tertiary/aromatic N) is 4. The average molecular weight is 659 g/mol. The Morgan fingerprint density at radius 3 is 2.63 bits per heavy atom. The molecule has 11 nitrogen and oxygen atoms in total. The van der Waals surface area contributed by atoms with Gasteiger partial charge in [0.1, 0.15) is 0 Å². The number of thioether (sulfide) groups is 1. The van der Waals surface area contributed by atoms with Crippen molar-refractivity contribution in [1.82, 2.24) is 15.3 Å². The predicted molar refractivity (Wildman–Crippen MR) is 166 cm³/mol. The van der Waals surface area contributed by atoms with Gasteiger partial charge in [-0.15, -0.1) is 0 Å². The van der Waals surface area contributed by atoms with Gasteiger partial charge in [-0.2, -0.15) is 23.3 Å². The second-order valence-corrected chi connectivity index (χ2v) is 13.3. The van der Waals surface area contributed by atoms with Gasteiger partial charge < -0.3 is 20.2 Å². The fourth-order valence-corrected chi connectivity index (χ4v) is 7.24. The number of alkyl halides is 3. The molecular weight excluding hydrogens is 625 g/mol. The van der Waals surface area contributed by atoms with Crippen molar-refractivity contribution in [1.29, 1.82) is 0 Å². The van der Waals surface area contributed by atoms with Crippen molar-refractivity contribution in [3.05, 3.63) is 64.7 Å². The van der Waals surface area contributed by atoms with E-state index in [1.165, 1.54) is 5.01 Å². The van der Waals surface area contributed by atoms with E-state index in [9.17, 15) is 27.6 Å². The smallest absolute Gasteiger partial charge is 0.378 e. The van der Waals surface area contributed by atoms with Gasteiger partial charge in [0.15, 0.2) is 5.50 Å². The van der Waals surface area contributed by atoms with E-state index in [1.54, 1.807) is 13.8 Å². The van der Waals surface area contributed by atoms with Crippen molar-refractivity contribution in [3.8, 4) is 0 Å². The van der Waals surface area contributed by atoms with Crippen LogP contribution >= 0.6 is 11.8 Å². The highest BCUT2D eigenvalue weighted by Crippen LogP contribution is 2.46. The van der Waals surface area contributed by atoms with E-state index in [1.807, 2.05) is 60.4 Å². The Labute approximate surface area is 267 Å². The molecular formula is C31H33F3N6O5S. The van der Waals surface area contributed by atoms with E-state index in [2.05, 4.69) is 15.7 Å². The average Bonchev–Trinajstić information content (AvgIpc) is 3.51. The summed E-state index contributed by atoms with van der Waals surface area (Å²) >= 11 is 1.07. The molecule has 0 bridgehead atoms. The van der Waals surface area contributed by atoms with Crippen molar-refractivity contribution in [2.45, 2.75) is 63.3 Å². The zero-order chi connectivity index (χ0) is 32.8. The molecule has 6 rings (SSSR count). The van der Waals surface area contributed by atoms with Crippen LogP contribution in [0.2, 0.25) is 0 Å². The second kappa shape index (κ2) is 12.3. The van der Waals surface area contributed by atoms with Crippen molar-refractivity contribution < 1.29 is 37.1 Å². The number of benzene rings is 2. The molecule has 2 aromatic carbocycles. The molecule has 4 aliphatic heterocycles. The number of amides is 2. The molecule has 1 saturated heterocycles. The molecule has 2 N–H and O–H groups in total. The minimum atomic E-state index is -5.21. The van der Waals surface area contributed by atoms with Crippen LogP contribution in [0.4, 0.5) is 30.2 Å². The number of carbonyl (C=O) groups is 3. The number of carbonyl (C=O) groups excluding carboxylic acids is 3. The summed E-state index contributed by atoms with van der Waals surface area (Å²) in [6, 6.07) is 14.8. The van der Waals surface area contributed by atoms with Crippen LogP contribution in [0.15, 0.2) is 64.2 Å². The van der Waals surface area contributed by atoms with E-state index in [0.717, 1.165) is 39.5 Å². The minimum Gasteiger partial charge on any atom is -0.378 e. The summed E-state index contributed by atoms with van der Waals surface area (Å²) in [6.45, 7) is 6.26. The van der Waals surface area contributed by atoms with Crippen molar-refractivity contribution in [2.24, 2.45) is 5.10 Å². The number of hydroxylamine groups is 2. The number of hydrogen-bond donors (Lipinski definition) is 2. The number of ether oxygens (including phenoxy) is 1. The maximum absolute atomic E-state index is 13.4. The molecule has 2 unspecified atom stereocenters. The van der Waals surface area contributed by atoms with Gasteiger partial charge in [0.2, 0.25) is 0 Å². The third-order valence-corrected chi connectivity index (χ3v) is 9.21. The Bertz CT molecular complexity index is 1630. The van der Waals surface area contributed by atoms with Crippen molar-refractivity contribution >= 4 is 52.3 Å². The lowest BCUT2D eigenvalue weighted by Crippen LogP contribution is -2.56. The summed E-state index contributed by atoms with van der Waals surface area (Å²) in [7, 11) is 0. The maximum atomic E-state index is 13.4. The first-order valence-corrected chi connectivity index (χ1v) is 15.6. The molecule has 46 heavy (non-hydrogen) atoms. The molecule has 1 fully saturated rings. The zero-order valence-corrected chi connectivity index (χ0v) is 26.2. The fourth-order valence-electron chi connectivity index (χ4n) is 5.89. The number of morpholine rings is 1. The molecule has 2 aromatic rings. The van der Waals surface area contributed by atoms with E-state index in [0.29, 0.717) is 25.3 Å². The summed E-state index contributed by atoms with van der Waals surface area (Å²) in [5, 5.41) is 12.9. The van der Waals surface area contributed by atoms with Crippen LogP contribution in [0.1, 0.15) is 39.2 Å². The topological polar surface area (TPSA) is 116 Å². The lowest BCUT2D eigenvalue weighted by molar-refractivity contribution is -0.243. The molecule has 0 aliphatic carbocycles. The summed E-state index contributed by atoms with van der Waals surface area (Å²) in [4.78, 5) is 44.5. The first-order chi connectivity index (χ1) is 21.8. The van der Waals surface area contributed by atoms with E-state index >= 15 is 0 Å². The quantitative estimate of drug-likeness (QED) is 0.439. The highest BCUT2D eigenvalue weighted by Gasteiger charge is 2.51. The Morgan fingerprint density at radius 2 is 1.91 bits per heavy atom. The van der Waals surface area contributed by atoms with Crippen LogP contribution in [0.25, 0.3) is 0 Å². The monoisotopic (exact) mass is 658 g/mol. The Balaban J connectivity index is 1.21. The standard InChI is InChI=1S/C31H33F3N6O5S/c1-18-12-25(41)39(37-18)22-9-5-8-21(15-22)35-20-7-4-6-19(13-20)14-23-17-44-11-10-38(23)29-40(45-28(43)31(32,33)34)24-16-30(2,3)36-27(42)26(24)46-29/h4-9,13,15,23,29,35H,10-12,14,16-17H2,1-3H3,(H,36,42). The molecule has 4 aliphatic rings. The summed E-state index contributed by atoms with van der Waals surface area (Å²) in [6.07, 6.45) is -4.28. The molecule has 2 atom stereocenters. The maximum Gasteiger partial charge on any atom is 0.493 e. The summed E-state index contributed by atoms with van der Waals surface area (Å²) in [5.41, 5.74) is 2.47. The SMILES string of the molecule is CC1=NN(c2cccc(Nc3cccc(CC4COCCN4C4SC5=C(CC(C)(C)NC5=O)N4OC(=O)C(F)(F)F)c3)c2)C(=O)C1. The number of anilines is 3. The highest BCUT2D eigenvalue weighted by molar-refractivity contribution is 8.04. The summed E-state index contributed by atoms with van der Waals surface area (Å²) < 4.78 is 45.8. The van der Waals surface area contributed by atoms with Gasteiger partial charge >= 0.3 is 12.1 Å². The molecule has 0 radical (unpaired) electrons. The van der Waals surface area contributed by atoms with Crippen molar-refractivity contribution in [3.63, 3.8) is 0 Å². The van der Waals surface area contributed by atoms with Crippen LogP contribution in [0.5, 0.6) is 0 Å². The molecule has 0 spiro atoms. The van der Waals surface area contributed by atoms with Gasteiger partial charge in [-0.1, -0.05) is 30.0 Å². The van der Waals surface area contributed by atoms with Gasteiger partial charge in [0.25, 0.3) is 11.8 Å². The lowest BCUT2D eigenvalue weighted by atomic mass is 9.94. The third kappa shape index (κ3) is 6.71. The van der Waals surface area contributed by atoms with Gasteiger partial charge in [-0.3, -0.25) is 14.5 Å². The van der Waals surface area contributed by atoms with Crippen LogP contribution < -0.4 is 15.6 Å². The molecule has 4 heterocycles. The van der Waals surface area contributed by atoms with Gasteiger partial charge in [-0.05, 0) is 63.1 Å². The van der Waals surface area contributed by atoms with Crippen LogP contribution in [-0.2, 0) is 30.4 Å². The number of hydrogen-bond acceptors (Lipinski definition) is 10. The van der Waals surface area contributed by atoms with E-state index < -0.39 is 29.1 Å². The molecule has 0 saturated carbocycles. The number of nitrogens with one attached hydrogen (secondary N) is 2. The number of rotatable bonds is 7. The lowest BCUT2D eigenvalue weighted by Gasteiger charge is -2.42. The Morgan fingerprint density at radius 1 is 1.17 bits per heavy atom. The normalized spacial score (nSPS) is 23.3. The Kier molecular flexibility index (Phi) is 8.50. The van der Waals surface area contributed by atoms with Gasteiger partial charge in [0.05, 0.1) is 35.9 Å². The van der Waals surface area contributed by atoms with Crippen molar-refractivity contribution in [2.75, 3.05) is 30.1 Å². The predicted octanol–water partition coefficient (Wildman–Crippen LogP) is 4.65. The minimum absolute atomic E-state index is 0.0940. The largest absolute Gasteiger partial charge is 0.493 e. The van der Waals surface area contributed by atoms with Crippen LogP contribution in [-0.4, -0.2) is 76.5 Å². The van der Waals surface area contributed by atoms with Crippen LogP contribution in [0, 0.1) is 0 Å². The third-order valence-electron chi connectivity index (χ3n) is 7.88. The highest BCUT2D eigenvalue weighted by atomic mass is 32.2. The number of hydrazone groups is 1. The van der Waals surface area contributed by atoms with E-state index in [-0.39, 0.29) is 42.0 Å². The first-order valence-electron chi connectivity index (χ1n) is 14.7. The van der Waals surface area contributed by atoms with Gasteiger partial charge in [-0.25, -0.2) is 9.80 Å². The molecule has 0 aromatic heterocycles. The summed E-state index contributed by atoms with van der Waals surface area (Å²) in [5.74, 6) is -2.86. The second-order valence-electron chi connectivity index (χ2n) is 12.2. The molecule has 15 heteroatoms. The molecule has 2 amide bonds.